The number of fused-ring (bicyclic) bond motifs is 1. The predicted molar refractivity (Wildman–Crippen MR) is 93.4 cm³/mol. The number of rotatable bonds is 2. The van der Waals surface area contributed by atoms with Crippen LogP contribution in [0.25, 0.3) is 0 Å². The van der Waals surface area contributed by atoms with Gasteiger partial charge in [0.05, 0.1) is 12.2 Å². The number of benzene rings is 1. The Labute approximate surface area is 147 Å². The van der Waals surface area contributed by atoms with Gasteiger partial charge in [-0.05, 0) is 26.0 Å². The molecular weight excluding hydrogens is 316 g/mol. The van der Waals surface area contributed by atoms with Crippen LogP contribution in [-0.2, 0) is 0 Å². The molecule has 1 aromatic carbocycles. The van der Waals surface area contributed by atoms with Crippen LogP contribution in [0.3, 0.4) is 0 Å². The van der Waals surface area contributed by atoms with Gasteiger partial charge in [0, 0.05) is 37.5 Å². The van der Waals surface area contributed by atoms with Crippen molar-refractivity contribution in [2.75, 3.05) is 20.1 Å². The maximum absolute atomic E-state index is 12.6. The lowest BCUT2D eigenvalue weighted by Crippen LogP contribution is -2.51. The van der Waals surface area contributed by atoms with E-state index in [1.807, 2.05) is 24.3 Å². The van der Waals surface area contributed by atoms with E-state index < -0.39 is 0 Å². The van der Waals surface area contributed by atoms with E-state index in [4.69, 9.17) is 4.74 Å². The van der Waals surface area contributed by atoms with E-state index in [2.05, 4.69) is 27.2 Å². The molecule has 1 saturated heterocycles. The second kappa shape index (κ2) is 6.44. The molecule has 1 unspecified atom stereocenters. The highest BCUT2D eigenvalue weighted by atomic mass is 16.5. The van der Waals surface area contributed by atoms with Gasteiger partial charge < -0.3 is 15.0 Å². The molecule has 1 N–H and O–H groups in total. The number of para-hydroxylation sites is 1. The van der Waals surface area contributed by atoms with E-state index in [1.165, 1.54) is 12.4 Å². The number of likely N-dealkylation sites (tertiary alicyclic amines) is 1. The summed E-state index contributed by atoms with van der Waals surface area (Å²) in [6.45, 7) is 2.01. The fourth-order valence-corrected chi connectivity index (χ4v) is 3.73. The molecule has 0 bridgehead atoms. The summed E-state index contributed by atoms with van der Waals surface area (Å²) in [7, 11) is 2.14. The quantitative estimate of drug-likeness (QED) is 0.909. The molecule has 130 valence electrons. The van der Waals surface area contributed by atoms with E-state index >= 15 is 0 Å². The van der Waals surface area contributed by atoms with Crippen molar-refractivity contribution in [3.63, 3.8) is 0 Å². The lowest BCUT2D eigenvalue weighted by atomic mass is 9.80. The Hall–Kier alpha value is -2.47. The molecule has 2 aliphatic rings. The molecule has 3 heterocycles. The van der Waals surface area contributed by atoms with Gasteiger partial charge in [0.1, 0.15) is 17.0 Å². The minimum Gasteiger partial charge on any atom is -0.487 e. The third-order valence-electron chi connectivity index (χ3n) is 5.20. The summed E-state index contributed by atoms with van der Waals surface area (Å²) in [5, 5.41) is 3.14. The number of piperidine rings is 1. The number of hydrogen-bond donors (Lipinski definition) is 1. The molecule has 0 radical (unpaired) electrons. The van der Waals surface area contributed by atoms with Crippen molar-refractivity contribution < 1.29 is 9.53 Å². The minimum absolute atomic E-state index is 0.0807. The van der Waals surface area contributed by atoms with Gasteiger partial charge in [0.25, 0.3) is 5.91 Å². The van der Waals surface area contributed by atoms with Gasteiger partial charge in [0.2, 0.25) is 0 Å². The molecule has 0 aliphatic carbocycles. The monoisotopic (exact) mass is 338 g/mol. The third kappa shape index (κ3) is 3.22. The van der Waals surface area contributed by atoms with Crippen molar-refractivity contribution in [2.45, 2.75) is 30.9 Å². The fraction of sp³-hybridized carbons (Fsp3) is 0.421. The Morgan fingerprint density at radius 3 is 2.84 bits per heavy atom. The zero-order chi connectivity index (χ0) is 17.3. The van der Waals surface area contributed by atoms with Gasteiger partial charge in [0.15, 0.2) is 0 Å². The molecule has 1 atom stereocenters. The lowest BCUT2D eigenvalue weighted by molar-refractivity contribution is -0.0196. The second-order valence-electron chi connectivity index (χ2n) is 6.95. The van der Waals surface area contributed by atoms with E-state index in [-0.39, 0.29) is 17.6 Å². The van der Waals surface area contributed by atoms with E-state index in [1.54, 1.807) is 6.20 Å². The lowest BCUT2D eigenvalue weighted by Gasteiger charge is -2.46. The first-order chi connectivity index (χ1) is 12.2. The normalized spacial score (nSPS) is 22.0. The largest absolute Gasteiger partial charge is 0.487 e. The number of carbonyl (C=O) groups excluding carboxylic acids is 1. The molecule has 1 spiro atoms. The first kappa shape index (κ1) is 16.0. The van der Waals surface area contributed by atoms with E-state index in [9.17, 15) is 4.79 Å². The molecule has 2 aromatic rings. The first-order valence-corrected chi connectivity index (χ1v) is 8.69. The summed E-state index contributed by atoms with van der Waals surface area (Å²) < 4.78 is 6.42. The van der Waals surface area contributed by atoms with Crippen LogP contribution >= 0.6 is 0 Å². The molecule has 6 heteroatoms. The molecule has 1 fully saturated rings. The number of ether oxygens (including phenoxy) is 1. The standard InChI is InChI=1S/C19H22N4O2/c1-23-10-6-19(7-11-23)12-15(14-4-2-3-5-17(14)25-19)22-18(24)16-13-20-8-9-21-16/h2-5,8-9,13,15H,6-7,10-12H2,1H3,(H,22,24). The van der Waals surface area contributed by atoms with Gasteiger partial charge in [-0.3, -0.25) is 9.78 Å². The van der Waals surface area contributed by atoms with Crippen LogP contribution in [0.1, 0.15) is 41.4 Å². The highest BCUT2D eigenvalue weighted by molar-refractivity contribution is 5.92. The van der Waals surface area contributed by atoms with Crippen LogP contribution < -0.4 is 10.1 Å². The summed E-state index contributed by atoms with van der Waals surface area (Å²) in [6, 6.07) is 7.90. The van der Waals surface area contributed by atoms with Crippen LogP contribution in [0.5, 0.6) is 5.75 Å². The van der Waals surface area contributed by atoms with Gasteiger partial charge in [-0.2, -0.15) is 0 Å². The number of amides is 1. The summed E-state index contributed by atoms with van der Waals surface area (Å²) in [4.78, 5) is 23.0. The fourth-order valence-electron chi connectivity index (χ4n) is 3.73. The summed E-state index contributed by atoms with van der Waals surface area (Å²) >= 11 is 0. The number of nitrogens with one attached hydrogen (secondary N) is 1. The smallest absolute Gasteiger partial charge is 0.271 e. The molecular formula is C19H22N4O2. The van der Waals surface area contributed by atoms with Crippen molar-refractivity contribution >= 4 is 5.91 Å². The zero-order valence-electron chi connectivity index (χ0n) is 14.3. The maximum atomic E-state index is 12.6. The predicted octanol–water partition coefficient (Wildman–Crippen LogP) is 2.19. The first-order valence-electron chi connectivity index (χ1n) is 8.69. The van der Waals surface area contributed by atoms with E-state index in [0.29, 0.717) is 5.69 Å². The Bertz CT molecular complexity index is 757. The van der Waals surface area contributed by atoms with Gasteiger partial charge in [-0.25, -0.2) is 4.98 Å². The van der Waals surface area contributed by atoms with E-state index in [0.717, 1.165) is 43.7 Å². The second-order valence-corrected chi connectivity index (χ2v) is 6.95. The van der Waals surface area contributed by atoms with Crippen LogP contribution in [0.4, 0.5) is 0 Å². The minimum atomic E-state index is -0.207. The molecule has 1 aromatic heterocycles. The Morgan fingerprint density at radius 2 is 2.08 bits per heavy atom. The van der Waals surface area contributed by atoms with Crippen LogP contribution in [0.15, 0.2) is 42.9 Å². The number of hydrogen-bond acceptors (Lipinski definition) is 5. The topological polar surface area (TPSA) is 67.4 Å². The Kier molecular flexibility index (Phi) is 4.13. The van der Waals surface area contributed by atoms with Crippen LogP contribution in [0, 0.1) is 0 Å². The number of carbonyl (C=O) groups is 1. The Morgan fingerprint density at radius 1 is 1.28 bits per heavy atom. The SMILES string of the molecule is CN1CCC2(CC1)CC(NC(=O)c1cnccn1)c1ccccc1O2. The summed E-state index contributed by atoms with van der Waals surface area (Å²) in [5.74, 6) is 0.681. The molecule has 1 amide bonds. The molecule has 0 saturated carbocycles. The highest BCUT2D eigenvalue weighted by Gasteiger charge is 2.43. The van der Waals surface area contributed by atoms with Crippen molar-refractivity contribution in [1.29, 1.82) is 0 Å². The average Bonchev–Trinajstić information content (AvgIpc) is 2.65. The van der Waals surface area contributed by atoms with Crippen molar-refractivity contribution in [2.24, 2.45) is 0 Å². The van der Waals surface area contributed by atoms with Crippen LogP contribution in [0.2, 0.25) is 0 Å². The third-order valence-corrected chi connectivity index (χ3v) is 5.20. The van der Waals surface area contributed by atoms with Crippen molar-refractivity contribution in [3.05, 3.63) is 54.1 Å². The molecule has 4 rings (SSSR count). The average molecular weight is 338 g/mol. The van der Waals surface area contributed by atoms with Crippen molar-refractivity contribution in [3.8, 4) is 5.75 Å². The van der Waals surface area contributed by atoms with Gasteiger partial charge >= 0.3 is 0 Å². The van der Waals surface area contributed by atoms with Gasteiger partial charge in [-0.1, -0.05) is 18.2 Å². The highest BCUT2D eigenvalue weighted by Crippen LogP contribution is 2.44. The Balaban J connectivity index is 1.60. The zero-order valence-corrected chi connectivity index (χ0v) is 14.3. The van der Waals surface area contributed by atoms with Crippen LogP contribution in [-0.4, -0.2) is 46.5 Å². The summed E-state index contributed by atoms with van der Waals surface area (Å²) in [6.07, 6.45) is 7.31. The maximum Gasteiger partial charge on any atom is 0.271 e. The summed E-state index contributed by atoms with van der Waals surface area (Å²) in [5.41, 5.74) is 1.16. The van der Waals surface area contributed by atoms with Gasteiger partial charge in [-0.15, -0.1) is 0 Å². The molecule has 6 nitrogen and oxygen atoms in total. The number of aromatic nitrogens is 2. The van der Waals surface area contributed by atoms with Crippen molar-refractivity contribution in [1.82, 2.24) is 20.2 Å². The molecule has 2 aliphatic heterocycles. The number of nitrogens with zero attached hydrogens (tertiary/aromatic N) is 3. The molecule has 25 heavy (non-hydrogen) atoms.